The van der Waals surface area contributed by atoms with Crippen molar-refractivity contribution in [3.05, 3.63) is 188 Å². The molecule has 0 N–H and O–H groups in total. The molecule has 0 unspecified atom stereocenters. The van der Waals surface area contributed by atoms with Crippen LogP contribution in [-0.4, -0.2) is 15.0 Å². The maximum atomic E-state index is 5.16. The molecule has 8 aromatic carbocycles. The Labute approximate surface area is 331 Å². The van der Waals surface area contributed by atoms with Crippen molar-refractivity contribution in [1.29, 1.82) is 0 Å². The number of rotatable bonds is 6. The van der Waals surface area contributed by atoms with Crippen LogP contribution < -0.4 is 0 Å². The summed E-state index contributed by atoms with van der Waals surface area (Å²) >= 11 is 3.66. The molecular weight excluding hydrogens is 719 g/mol. The molecule has 3 heterocycles. The van der Waals surface area contributed by atoms with Crippen molar-refractivity contribution in [3.63, 3.8) is 0 Å². The van der Waals surface area contributed by atoms with E-state index in [4.69, 9.17) is 15.0 Å². The van der Waals surface area contributed by atoms with Crippen LogP contribution >= 0.6 is 22.7 Å². The predicted molar refractivity (Wildman–Crippen MR) is 238 cm³/mol. The molecule has 0 atom stereocenters. The molecule has 11 rings (SSSR count). The van der Waals surface area contributed by atoms with E-state index in [0.717, 1.165) is 22.3 Å². The van der Waals surface area contributed by atoms with Crippen molar-refractivity contribution >= 4 is 63.0 Å². The lowest BCUT2D eigenvalue weighted by Gasteiger charge is -2.10. The van der Waals surface area contributed by atoms with Gasteiger partial charge >= 0.3 is 0 Å². The Bertz CT molecular complexity index is 3240. The highest BCUT2D eigenvalue weighted by molar-refractivity contribution is 7.26. The first-order valence-electron chi connectivity index (χ1n) is 18.7. The fourth-order valence-electron chi connectivity index (χ4n) is 7.82. The molecule has 262 valence electrons. The summed E-state index contributed by atoms with van der Waals surface area (Å²) in [6.07, 6.45) is 0. The Hall–Kier alpha value is -6.79. The molecule has 3 nitrogen and oxygen atoms in total. The minimum Gasteiger partial charge on any atom is -0.208 e. The van der Waals surface area contributed by atoms with E-state index in [9.17, 15) is 0 Å². The average Bonchev–Trinajstić information content (AvgIpc) is 3.85. The number of thiophene rings is 2. The first-order valence-corrected chi connectivity index (χ1v) is 20.3. The van der Waals surface area contributed by atoms with E-state index >= 15 is 0 Å². The normalized spacial score (nSPS) is 11.6. The molecule has 0 bridgehead atoms. The monoisotopic (exact) mass is 749 g/mol. The molecule has 0 aliphatic carbocycles. The Morgan fingerprint density at radius 1 is 0.286 bits per heavy atom. The van der Waals surface area contributed by atoms with Crippen LogP contribution in [0.2, 0.25) is 0 Å². The summed E-state index contributed by atoms with van der Waals surface area (Å²) in [5.74, 6) is 1.99. The summed E-state index contributed by atoms with van der Waals surface area (Å²) in [6.45, 7) is 0. The van der Waals surface area contributed by atoms with Crippen molar-refractivity contribution in [2.24, 2.45) is 0 Å². The molecule has 56 heavy (non-hydrogen) atoms. The van der Waals surface area contributed by atoms with Gasteiger partial charge in [-0.2, -0.15) is 0 Å². The molecule has 0 fully saturated rings. The second-order valence-corrected chi connectivity index (χ2v) is 16.1. The van der Waals surface area contributed by atoms with Gasteiger partial charge in [0, 0.05) is 57.0 Å². The van der Waals surface area contributed by atoms with Crippen LogP contribution in [0.4, 0.5) is 0 Å². The summed E-state index contributed by atoms with van der Waals surface area (Å²) in [5.41, 5.74) is 10.2. The molecule has 11 aromatic rings. The Balaban J connectivity index is 0.986. The van der Waals surface area contributed by atoms with E-state index in [1.807, 2.05) is 29.5 Å². The molecule has 0 aliphatic heterocycles. The van der Waals surface area contributed by atoms with Gasteiger partial charge in [-0.1, -0.05) is 158 Å². The molecule has 5 heteroatoms. The zero-order valence-electron chi connectivity index (χ0n) is 30.1. The first-order chi connectivity index (χ1) is 27.7. The summed E-state index contributed by atoms with van der Waals surface area (Å²) in [6, 6.07) is 66.9. The molecule has 3 aromatic heterocycles. The number of hydrogen-bond acceptors (Lipinski definition) is 5. The molecule has 0 radical (unpaired) electrons. The lowest BCUT2D eigenvalue weighted by Crippen LogP contribution is -2.00. The summed E-state index contributed by atoms with van der Waals surface area (Å²) in [4.78, 5) is 15.3. The smallest absolute Gasteiger partial charge is 0.164 e. The summed E-state index contributed by atoms with van der Waals surface area (Å²) in [5, 5.41) is 4.96. The highest BCUT2D eigenvalue weighted by atomic mass is 32.1. The van der Waals surface area contributed by atoms with Crippen LogP contribution in [0.1, 0.15) is 0 Å². The van der Waals surface area contributed by atoms with Gasteiger partial charge in [0.2, 0.25) is 0 Å². The minimum atomic E-state index is 0.654. The topological polar surface area (TPSA) is 38.7 Å². The Morgan fingerprint density at radius 2 is 0.804 bits per heavy atom. The van der Waals surface area contributed by atoms with E-state index in [1.165, 1.54) is 68.2 Å². The number of aromatic nitrogens is 3. The van der Waals surface area contributed by atoms with Crippen molar-refractivity contribution in [2.75, 3.05) is 0 Å². The number of nitrogens with zero attached hydrogens (tertiary/aromatic N) is 3. The summed E-state index contributed by atoms with van der Waals surface area (Å²) < 4.78 is 5.05. The largest absolute Gasteiger partial charge is 0.208 e. The van der Waals surface area contributed by atoms with Gasteiger partial charge in [-0.25, -0.2) is 15.0 Å². The van der Waals surface area contributed by atoms with E-state index in [-0.39, 0.29) is 0 Å². The van der Waals surface area contributed by atoms with Gasteiger partial charge in [0.25, 0.3) is 0 Å². The quantitative estimate of drug-likeness (QED) is 0.170. The van der Waals surface area contributed by atoms with E-state index < -0.39 is 0 Å². The highest BCUT2D eigenvalue weighted by Gasteiger charge is 2.18. The molecule has 0 saturated heterocycles. The fraction of sp³-hybridized carbons (Fsp3) is 0. The van der Waals surface area contributed by atoms with E-state index in [2.05, 4.69) is 170 Å². The third-order valence-corrected chi connectivity index (χ3v) is 12.9. The maximum absolute atomic E-state index is 5.16. The van der Waals surface area contributed by atoms with Crippen molar-refractivity contribution < 1.29 is 0 Å². The van der Waals surface area contributed by atoms with Gasteiger partial charge in [0.05, 0.1) is 0 Å². The summed E-state index contributed by atoms with van der Waals surface area (Å²) in [7, 11) is 0. The first kappa shape index (κ1) is 32.6. The van der Waals surface area contributed by atoms with Crippen LogP contribution in [0.15, 0.2) is 188 Å². The van der Waals surface area contributed by atoms with Crippen molar-refractivity contribution in [2.45, 2.75) is 0 Å². The molecule has 0 aliphatic rings. The average molecular weight is 750 g/mol. The third-order valence-electron chi connectivity index (χ3n) is 10.6. The van der Waals surface area contributed by atoms with E-state index in [0.29, 0.717) is 17.5 Å². The van der Waals surface area contributed by atoms with Gasteiger partial charge in [-0.05, 0) is 63.7 Å². The van der Waals surface area contributed by atoms with E-state index in [1.54, 1.807) is 11.3 Å². The Morgan fingerprint density at radius 3 is 1.61 bits per heavy atom. The van der Waals surface area contributed by atoms with Gasteiger partial charge in [-0.15, -0.1) is 22.7 Å². The zero-order valence-corrected chi connectivity index (χ0v) is 31.7. The van der Waals surface area contributed by atoms with Crippen molar-refractivity contribution in [3.8, 4) is 67.5 Å². The predicted octanol–water partition coefficient (Wildman–Crippen LogP) is 14.6. The lowest BCUT2D eigenvalue weighted by atomic mass is 9.97. The minimum absolute atomic E-state index is 0.654. The standard InChI is InChI=1S/C51H31N3S2/c1-3-12-32(13-4-1)36-16-9-17-37(30-36)38-28-29-45-43(31-38)40-20-10-19-39(48(40)56-45)33-24-26-35(27-25-33)50-52-49(34-14-5-2-6-15-34)53-51(54-50)42-21-11-23-46-47(42)41-18-7-8-22-44(41)55-46/h1-31H. The van der Waals surface area contributed by atoms with Gasteiger partial charge in [0.15, 0.2) is 17.5 Å². The zero-order chi connectivity index (χ0) is 37.0. The fourth-order valence-corrected chi connectivity index (χ4v) is 10.2. The van der Waals surface area contributed by atoms with Gasteiger partial charge in [-0.3, -0.25) is 0 Å². The Kier molecular flexibility index (Phi) is 7.87. The number of fused-ring (bicyclic) bond motifs is 6. The molecule has 0 amide bonds. The third kappa shape index (κ3) is 5.68. The second kappa shape index (κ2) is 13.5. The van der Waals surface area contributed by atoms with Gasteiger partial charge < -0.3 is 0 Å². The number of benzene rings is 8. The SMILES string of the molecule is c1ccc(-c2cccc(-c3ccc4sc5c(-c6ccc(-c7nc(-c8ccccc8)nc(-c8cccc9sc%10ccccc%10c89)n7)cc6)cccc5c4c3)c2)cc1. The van der Waals surface area contributed by atoms with Crippen LogP contribution in [-0.2, 0) is 0 Å². The van der Waals surface area contributed by atoms with Crippen LogP contribution in [0.25, 0.3) is 108 Å². The molecular formula is C51H31N3S2. The molecule has 0 saturated carbocycles. The second-order valence-electron chi connectivity index (χ2n) is 14.0. The lowest BCUT2D eigenvalue weighted by molar-refractivity contribution is 1.08. The molecule has 0 spiro atoms. The van der Waals surface area contributed by atoms with Crippen molar-refractivity contribution in [1.82, 2.24) is 15.0 Å². The highest BCUT2D eigenvalue weighted by Crippen LogP contribution is 2.43. The van der Waals surface area contributed by atoms with Crippen LogP contribution in [0.5, 0.6) is 0 Å². The maximum Gasteiger partial charge on any atom is 0.164 e. The van der Waals surface area contributed by atoms with Gasteiger partial charge in [0.1, 0.15) is 0 Å². The van der Waals surface area contributed by atoms with Crippen LogP contribution in [0.3, 0.4) is 0 Å². The van der Waals surface area contributed by atoms with Crippen LogP contribution in [0, 0.1) is 0 Å². The number of hydrogen-bond donors (Lipinski definition) is 0.